The minimum Gasteiger partial charge on any atom is -0.425 e. The Morgan fingerprint density at radius 1 is 1.05 bits per heavy atom. The maximum atomic E-state index is 11.4. The van der Waals surface area contributed by atoms with E-state index in [4.69, 9.17) is 4.74 Å². The normalized spacial score (nSPS) is 20.4. The Hall–Kier alpha value is -1.35. The molecule has 1 heterocycles. The molecule has 0 spiro atoms. The summed E-state index contributed by atoms with van der Waals surface area (Å²) in [4.78, 5) is 11.4. The molecule has 1 saturated heterocycles. The largest absolute Gasteiger partial charge is 0.425 e. The second-order valence-corrected chi connectivity index (χ2v) is 5.26. The van der Waals surface area contributed by atoms with Crippen molar-refractivity contribution in [3.8, 4) is 0 Å². The molecule has 0 aliphatic carbocycles. The number of aliphatic hydroxyl groups excluding tert-OH is 1. The minimum absolute atomic E-state index is 0.140. The summed E-state index contributed by atoms with van der Waals surface area (Å²) >= 11 is 0. The molecule has 1 N–H and O–H groups in total. The predicted octanol–water partition coefficient (Wildman–Crippen LogP) is 4.04. The third-order valence-corrected chi connectivity index (χ3v) is 3.54. The summed E-state index contributed by atoms with van der Waals surface area (Å²) in [6.45, 7) is 7.21. The first-order valence-corrected chi connectivity index (χ1v) is 7.56. The van der Waals surface area contributed by atoms with E-state index in [2.05, 4.69) is 13.2 Å². The molecule has 3 heteroatoms. The van der Waals surface area contributed by atoms with Crippen LogP contribution in [0, 0.1) is 0 Å². The zero-order valence-electron chi connectivity index (χ0n) is 12.3. The van der Waals surface area contributed by atoms with E-state index < -0.39 is 12.1 Å². The van der Waals surface area contributed by atoms with Crippen LogP contribution in [-0.4, -0.2) is 17.2 Å². The Kier molecular flexibility index (Phi) is 7.97. The molecule has 112 valence electrons. The number of unbranched alkanes of at least 4 members (excludes halogenated alkanes) is 8. The van der Waals surface area contributed by atoms with E-state index in [-0.39, 0.29) is 5.76 Å². The van der Waals surface area contributed by atoms with Gasteiger partial charge in [-0.2, -0.15) is 0 Å². The van der Waals surface area contributed by atoms with Gasteiger partial charge in [0, 0.05) is 0 Å². The number of carbonyl (C=O) groups excluding carboxylic acids is 1. The molecule has 1 rings (SSSR count). The maximum absolute atomic E-state index is 11.4. The lowest BCUT2D eigenvalue weighted by Gasteiger charge is -2.01. The smallest absolute Gasteiger partial charge is 0.341 e. The first kappa shape index (κ1) is 16.7. The van der Waals surface area contributed by atoms with Crippen molar-refractivity contribution in [2.75, 3.05) is 0 Å². The Morgan fingerprint density at radius 3 is 2.10 bits per heavy atom. The average molecular weight is 278 g/mol. The van der Waals surface area contributed by atoms with Crippen LogP contribution in [0.3, 0.4) is 0 Å². The monoisotopic (exact) mass is 278 g/mol. The molecule has 0 radical (unpaired) electrons. The van der Waals surface area contributed by atoms with Crippen molar-refractivity contribution >= 4 is 5.97 Å². The van der Waals surface area contributed by atoms with Crippen LogP contribution in [0.15, 0.2) is 36.6 Å². The Bertz CT molecular complexity index is 368. The van der Waals surface area contributed by atoms with Crippen molar-refractivity contribution in [3.05, 3.63) is 36.6 Å². The first-order valence-electron chi connectivity index (χ1n) is 7.56. The van der Waals surface area contributed by atoms with Crippen LogP contribution >= 0.6 is 0 Å². The SMILES string of the molecule is C=CCCCCCCCCC/C=C1/C(=O)OC(=C)C1O. The standard InChI is InChI=1S/C17H26O3/c1-3-4-5-6-7-8-9-10-11-12-13-15-16(18)14(2)20-17(15)19/h3,13,16,18H,1-2,4-12H2/b15-13+. The number of esters is 1. The van der Waals surface area contributed by atoms with Crippen LogP contribution in [0.4, 0.5) is 0 Å². The van der Waals surface area contributed by atoms with Gasteiger partial charge in [0.2, 0.25) is 0 Å². The van der Waals surface area contributed by atoms with Gasteiger partial charge in [0.1, 0.15) is 11.9 Å². The van der Waals surface area contributed by atoms with E-state index in [0.29, 0.717) is 5.57 Å². The molecule has 1 unspecified atom stereocenters. The van der Waals surface area contributed by atoms with Gasteiger partial charge in [-0.3, -0.25) is 0 Å². The van der Waals surface area contributed by atoms with Crippen LogP contribution in [-0.2, 0) is 9.53 Å². The maximum Gasteiger partial charge on any atom is 0.341 e. The number of rotatable bonds is 10. The molecule has 0 saturated carbocycles. The zero-order valence-corrected chi connectivity index (χ0v) is 12.3. The van der Waals surface area contributed by atoms with E-state index in [1.807, 2.05) is 6.08 Å². The molecule has 1 atom stereocenters. The Morgan fingerprint density at radius 2 is 1.60 bits per heavy atom. The summed E-state index contributed by atoms with van der Waals surface area (Å²) in [6, 6.07) is 0. The zero-order chi connectivity index (χ0) is 14.8. The molecule has 1 aliphatic heterocycles. The molecule has 3 nitrogen and oxygen atoms in total. The third kappa shape index (κ3) is 5.74. The number of carbonyl (C=O) groups is 1. The second kappa shape index (κ2) is 9.54. The van der Waals surface area contributed by atoms with Crippen molar-refractivity contribution in [2.24, 2.45) is 0 Å². The topological polar surface area (TPSA) is 46.5 Å². The molecule has 1 fully saturated rings. The lowest BCUT2D eigenvalue weighted by Crippen LogP contribution is -2.07. The van der Waals surface area contributed by atoms with Gasteiger partial charge in [-0.15, -0.1) is 6.58 Å². The van der Waals surface area contributed by atoms with Gasteiger partial charge in [0.15, 0.2) is 0 Å². The molecule has 0 amide bonds. The molecule has 1 aliphatic rings. The van der Waals surface area contributed by atoms with Crippen molar-refractivity contribution in [2.45, 2.75) is 63.9 Å². The molecule has 0 aromatic rings. The highest BCUT2D eigenvalue weighted by atomic mass is 16.6. The highest BCUT2D eigenvalue weighted by Gasteiger charge is 2.32. The van der Waals surface area contributed by atoms with Crippen LogP contribution in [0.2, 0.25) is 0 Å². The lowest BCUT2D eigenvalue weighted by molar-refractivity contribution is -0.132. The summed E-state index contributed by atoms with van der Waals surface area (Å²) in [7, 11) is 0. The Balaban J connectivity index is 2.03. The van der Waals surface area contributed by atoms with E-state index in [1.54, 1.807) is 6.08 Å². The molecule has 0 bridgehead atoms. The van der Waals surface area contributed by atoms with Crippen LogP contribution in [0.5, 0.6) is 0 Å². The van der Waals surface area contributed by atoms with Gasteiger partial charge >= 0.3 is 5.97 Å². The number of hydrogen-bond acceptors (Lipinski definition) is 3. The van der Waals surface area contributed by atoms with Crippen molar-refractivity contribution < 1.29 is 14.6 Å². The predicted molar refractivity (Wildman–Crippen MR) is 81.1 cm³/mol. The molecule has 20 heavy (non-hydrogen) atoms. The Labute approximate surface area is 122 Å². The molecular weight excluding hydrogens is 252 g/mol. The van der Waals surface area contributed by atoms with Crippen LogP contribution < -0.4 is 0 Å². The lowest BCUT2D eigenvalue weighted by atomic mass is 10.1. The van der Waals surface area contributed by atoms with Crippen molar-refractivity contribution in [1.29, 1.82) is 0 Å². The van der Waals surface area contributed by atoms with Gasteiger partial charge in [-0.1, -0.05) is 50.8 Å². The van der Waals surface area contributed by atoms with E-state index in [0.717, 1.165) is 25.7 Å². The minimum atomic E-state index is -0.938. The van der Waals surface area contributed by atoms with Gasteiger partial charge in [0.25, 0.3) is 0 Å². The van der Waals surface area contributed by atoms with Crippen LogP contribution in [0.1, 0.15) is 57.8 Å². The summed E-state index contributed by atoms with van der Waals surface area (Å²) in [5, 5.41) is 9.65. The summed E-state index contributed by atoms with van der Waals surface area (Å²) in [5.41, 5.74) is 0.347. The van der Waals surface area contributed by atoms with E-state index in [9.17, 15) is 9.90 Å². The summed E-state index contributed by atoms with van der Waals surface area (Å²) < 4.78 is 4.77. The van der Waals surface area contributed by atoms with E-state index in [1.165, 1.54) is 32.1 Å². The van der Waals surface area contributed by atoms with Gasteiger partial charge in [-0.25, -0.2) is 4.79 Å². The van der Waals surface area contributed by atoms with E-state index >= 15 is 0 Å². The molecule has 0 aromatic carbocycles. The summed E-state index contributed by atoms with van der Waals surface area (Å²) in [5.74, 6) is -0.314. The van der Waals surface area contributed by atoms with Crippen molar-refractivity contribution in [3.63, 3.8) is 0 Å². The van der Waals surface area contributed by atoms with Crippen molar-refractivity contribution in [1.82, 2.24) is 0 Å². The van der Waals surface area contributed by atoms with Gasteiger partial charge < -0.3 is 9.84 Å². The highest BCUT2D eigenvalue weighted by Crippen LogP contribution is 2.23. The molecule has 0 aromatic heterocycles. The summed E-state index contributed by atoms with van der Waals surface area (Å²) in [6.07, 6.45) is 13.3. The fourth-order valence-corrected chi connectivity index (χ4v) is 2.29. The number of allylic oxidation sites excluding steroid dienone is 2. The van der Waals surface area contributed by atoms with Gasteiger partial charge in [0.05, 0.1) is 5.57 Å². The third-order valence-electron chi connectivity index (χ3n) is 3.54. The highest BCUT2D eigenvalue weighted by molar-refractivity contribution is 5.93. The number of ether oxygens (including phenoxy) is 1. The number of aliphatic hydroxyl groups is 1. The average Bonchev–Trinajstić information content (AvgIpc) is 2.67. The number of cyclic esters (lactones) is 1. The second-order valence-electron chi connectivity index (χ2n) is 5.26. The fraction of sp³-hybridized carbons (Fsp3) is 0.588. The first-order chi connectivity index (χ1) is 9.66. The quantitative estimate of drug-likeness (QED) is 0.284. The molecular formula is C17H26O3. The van der Waals surface area contributed by atoms with Gasteiger partial charge in [-0.05, 0) is 25.7 Å². The van der Waals surface area contributed by atoms with Crippen LogP contribution in [0.25, 0.3) is 0 Å². The number of hydrogen-bond donors (Lipinski definition) is 1. The fourth-order valence-electron chi connectivity index (χ4n) is 2.29.